The summed E-state index contributed by atoms with van der Waals surface area (Å²) in [4.78, 5) is 19.6. The van der Waals surface area contributed by atoms with Gasteiger partial charge in [-0.3, -0.25) is 9.78 Å². The van der Waals surface area contributed by atoms with Crippen LogP contribution in [0.15, 0.2) is 48.8 Å². The van der Waals surface area contributed by atoms with Gasteiger partial charge in [-0.2, -0.15) is 11.1 Å². The molecule has 25 heavy (non-hydrogen) atoms. The number of hydrazine groups is 3. The van der Waals surface area contributed by atoms with E-state index in [-0.39, 0.29) is 18.1 Å². The van der Waals surface area contributed by atoms with Crippen LogP contribution in [0.5, 0.6) is 0 Å². The van der Waals surface area contributed by atoms with Crippen LogP contribution in [-0.2, 0) is 0 Å². The third-order valence-electron chi connectivity index (χ3n) is 4.83. The molecular formula is C18H22N6O. The average molecular weight is 338 g/mol. The second-order valence-electron chi connectivity index (χ2n) is 6.36. The number of benzene rings is 1. The number of carbonyl (C=O) groups excluding carboxylic acids is 1. The Labute approximate surface area is 146 Å². The summed E-state index contributed by atoms with van der Waals surface area (Å²) in [6.07, 6.45) is 6.61. The first-order valence-corrected chi connectivity index (χ1v) is 8.65. The van der Waals surface area contributed by atoms with E-state index in [9.17, 15) is 4.79 Å². The van der Waals surface area contributed by atoms with Gasteiger partial charge in [0.1, 0.15) is 6.17 Å². The van der Waals surface area contributed by atoms with Gasteiger partial charge in [-0.1, -0.05) is 24.3 Å². The lowest BCUT2D eigenvalue weighted by Crippen LogP contribution is -2.39. The molecule has 7 heteroatoms. The molecule has 1 unspecified atom stereocenters. The van der Waals surface area contributed by atoms with Crippen LogP contribution in [0.25, 0.3) is 0 Å². The molecule has 4 N–H and O–H groups in total. The SMILES string of the molecule is O=C(c1ccccc1C1NNNN1)N1CCCCC1c1cccnc1. The second kappa shape index (κ2) is 7.28. The van der Waals surface area contributed by atoms with E-state index in [1.165, 1.54) is 0 Å². The Morgan fingerprint density at radius 2 is 1.92 bits per heavy atom. The quantitative estimate of drug-likeness (QED) is 0.680. The summed E-state index contributed by atoms with van der Waals surface area (Å²) in [6.45, 7) is 0.773. The topological polar surface area (TPSA) is 81.3 Å². The number of nitrogens with zero attached hydrogens (tertiary/aromatic N) is 2. The molecule has 1 amide bonds. The zero-order valence-corrected chi connectivity index (χ0v) is 13.9. The van der Waals surface area contributed by atoms with E-state index < -0.39 is 0 Å². The molecule has 0 aliphatic carbocycles. The van der Waals surface area contributed by atoms with Crippen LogP contribution in [0.2, 0.25) is 0 Å². The minimum atomic E-state index is -0.165. The molecule has 4 rings (SSSR count). The predicted octanol–water partition coefficient (Wildman–Crippen LogP) is 1.56. The van der Waals surface area contributed by atoms with Gasteiger partial charge in [-0.15, -0.1) is 0 Å². The maximum Gasteiger partial charge on any atom is 0.254 e. The van der Waals surface area contributed by atoms with E-state index in [0.717, 1.165) is 36.9 Å². The average Bonchev–Trinajstić information content (AvgIpc) is 3.23. The Morgan fingerprint density at radius 1 is 1.08 bits per heavy atom. The predicted molar refractivity (Wildman–Crippen MR) is 93.6 cm³/mol. The molecule has 0 saturated carbocycles. The minimum absolute atomic E-state index is 0.0691. The molecule has 130 valence electrons. The van der Waals surface area contributed by atoms with Crippen LogP contribution in [0.4, 0.5) is 0 Å². The highest BCUT2D eigenvalue weighted by Gasteiger charge is 2.31. The van der Waals surface area contributed by atoms with E-state index in [2.05, 4.69) is 33.0 Å². The molecule has 2 saturated heterocycles. The second-order valence-corrected chi connectivity index (χ2v) is 6.36. The van der Waals surface area contributed by atoms with Crippen molar-refractivity contribution in [3.63, 3.8) is 0 Å². The summed E-state index contributed by atoms with van der Waals surface area (Å²) >= 11 is 0. The summed E-state index contributed by atoms with van der Waals surface area (Å²) in [7, 11) is 0. The monoisotopic (exact) mass is 338 g/mol. The number of nitrogens with one attached hydrogen (secondary N) is 4. The molecule has 0 spiro atoms. The van der Waals surface area contributed by atoms with Crippen LogP contribution in [0.1, 0.15) is 53.0 Å². The lowest BCUT2D eigenvalue weighted by Gasteiger charge is -2.36. The van der Waals surface area contributed by atoms with Gasteiger partial charge in [0, 0.05) is 24.5 Å². The van der Waals surface area contributed by atoms with E-state index in [1.54, 1.807) is 6.20 Å². The fourth-order valence-electron chi connectivity index (χ4n) is 3.60. The first-order chi connectivity index (χ1) is 12.3. The zero-order valence-electron chi connectivity index (χ0n) is 13.9. The van der Waals surface area contributed by atoms with Gasteiger partial charge in [0.2, 0.25) is 0 Å². The number of pyridine rings is 1. The summed E-state index contributed by atoms with van der Waals surface area (Å²) in [6, 6.07) is 11.8. The summed E-state index contributed by atoms with van der Waals surface area (Å²) in [5.74, 6) is 0.0691. The van der Waals surface area contributed by atoms with Gasteiger partial charge in [-0.05, 0) is 42.5 Å². The Balaban J connectivity index is 1.65. The van der Waals surface area contributed by atoms with Gasteiger partial charge < -0.3 is 4.90 Å². The van der Waals surface area contributed by atoms with Crippen molar-refractivity contribution in [2.45, 2.75) is 31.5 Å². The highest BCUT2D eigenvalue weighted by atomic mass is 16.2. The highest BCUT2D eigenvalue weighted by Crippen LogP contribution is 2.32. The first-order valence-electron chi connectivity index (χ1n) is 8.65. The molecule has 1 aromatic heterocycles. The van der Waals surface area contributed by atoms with Gasteiger partial charge in [0.25, 0.3) is 5.91 Å². The van der Waals surface area contributed by atoms with E-state index in [1.807, 2.05) is 41.4 Å². The molecule has 1 aromatic carbocycles. The molecule has 3 heterocycles. The van der Waals surface area contributed by atoms with Crippen molar-refractivity contribution in [1.29, 1.82) is 0 Å². The third-order valence-corrected chi connectivity index (χ3v) is 4.83. The maximum atomic E-state index is 13.4. The molecule has 2 fully saturated rings. The molecular weight excluding hydrogens is 316 g/mol. The Hall–Kier alpha value is -2.32. The smallest absolute Gasteiger partial charge is 0.254 e. The minimum Gasteiger partial charge on any atom is -0.332 e. The van der Waals surface area contributed by atoms with Crippen LogP contribution < -0.4 is 21.9 Å². The number of amides is 1. The van der Waals surface area contributed by atoms with Gasteiger partial charge in [-0.25, -0.2) is 10.9 Å². The van der Waals surface area contributed by atoms with Crippen LogP contribution in [0, 0.1) is 0 Å². The van der Waals surface area contributed by atoms with Crippen molar-refractivity contribution in [3.05, 3.63) is 65.5 Å². The molecule has 7 nitrogen and oxygen atoms in total. The number of likely N-dealkylation sites (tertiary alicyclic amines) is 1. The Morgan fingerprint density at radius 3 is 2.72 bits per heavy atom. The molecule has 1 atom stereocenters. The van der Waals surface area contributed by atoms with Crippen molar-refractivity contribution in [2.75, 3.05) is 6.54 Å². The van der Waals surface area contributed by atoms with Crippen molar-refractivity contribution >= 4 is 5.91 Å². The fraction of sp³-hybridized carbons (Fsp3) is 0.333. The fourth-order valence-corrected chi connectivity index (χ4v) is 3.60. The first kappa shape index (κ1) is 16.2. The Kier molecular flexibility index (Phi) is 4.71. The lowest BCUT2D eigenvalue weighted by atomic mass is 9.94. The van der Waals surface area contributed by atoms with E-state index in [4.69, 9.17) is 0 Å². The normalized spacial score (nSPS) is 21.4. The standard InChI is InChI=1S/C18H22N6O/c25-18(15-8-2-1-7-14(15)17-20-22-23-21-17)24-11-4-3-9-16(24)13-6-5-10-19-12-13/h1-2,5-8,10,12,16-17,20-23H,3-4,9,11H2. The van der Waals surface area contributed by atoms with Crippen LogP contribution >= 0.6 is 0 Å². The summed E-state index contributed by atoms with van der Waals surface area (Å²) < 4.78 is 0. The van der Waals surface area contributed by atoms with E-state index >= 15 is 0 Å². The molecule has 2 aliphatic heterocycles. The Bertz CT molecular complexity index is 731. The lowest BCUT2D eigenvalue weighted by molar-refractivity contribution is 0.0609. The molecule has 0 bridgehead atoms. The highest BCUT2D eigenvalue weighted by molar-refractivity contribution is 5.96. The van der Waals surface area contributed by atoms with Crippen molar-refractivity contribution in [2.24, 2.45) is 0 Å². The number of rotatable bonds is 3. The van der Waals surface area contributed by atoms with Crippen LogP contribution in [-0.4, -0.2) is 22.3 Å². The molecule has 2 aromatic rings. The number of carbonyl (C=O) groups is 1. The van der Waals surface area contributed by atoms with Crippen LogP contribution in [0.3, 0.4) is 0 Å². The van der Waals surface area contributed by atoms with Gasteiger partial charge in [0.15, 0.2) is 0 Å². The third kappa shape index (κ3) is 3.27. The van der Waals surface area contributed by atoms with Crippen molar-refractivity contribution in [1.82, 2.24) is 31.8 Å². The largest absolute Gasteiger partial charge is 0.332 e. The number of hydrogen-bond acceptors (Lipinski definition) is 6. The summed E-state index contributed by atoms with van der Waals surface area (Å²) in [5, 5.41) is 0. The van der Waals surface area contributed by atoms with Gasteiger partial charge >= 0.3 is 0 Å². The number of aromatic nitrogens is 1. The summed E-state index contributed by atoms with van der Waals surface area (Å²) in [5.41, 5.74) is 14.5. The zero-order chi connectivity index (χ0) is 17.1. The number of piperidine rings is 1. The maximum absolute atomic E-state index is 13.4. The number of hydrogen-bond donors (Lipinski definition) is 4. The van der Waals surface area contributed by atoms with E-state index in [0.29, 0.717) is 5.56 Å². The molecule has 0 radical (unpaired) electrons. The van der Waals surface area contributed by atoms with Crippen molar-refractivity contribution in [3.8, 4) is 0 Å². The van der Waals surface area contributed by atoms with Gasteiger partial charge in [0.05, 0.1) is 6.04 Å². The molecule has 2 aliphatic rings. The van der Waals surface area contributed by atoms with Crippen molar-refractivity contribution < 1.29 is 4.79 Å².